The van der Waals surface area contributed by atoms with E-state index in [1.54, 1.807) is 7.11 Å². The summed E-state index contributed by atoms with van der Waals surface area (Å²) in [5, 5.41) is 2.07. The number of hydrogen-bond acceptors (Lipinski definition) is 1. The van der Waals surface area contributed by atoms with Crippen LogP contribution >= 0.6 is 47.8 Å². The summed E-state index contributed by atoms with van der Waals surface area (Å²) in [6, 6.07) is 6.30. The lowest BCUT2D eigenvalue weighted by Crippen LogP contribution is -2.35. The first-order valence-electron chi connectivity index (χ1n) is 7.09. The van der Waals surface area contributed by atoms with Crippen LogP contribution in [0.4, 0.5) is 0 Å². The van der Waals surface area contributed by atoms with Gasteiger partial charge in [-0.25, -0.2) is 0 Å². The van der Waals surface area contributed by atoms with E-state index < -0.39 is 0 Å². The molecule has 0 amide bonds. The average Bonchev–Trinajstić information content (AvgIpc) is 3.00. The van der Waals surface area contributed by atoms with E-state index in [1.807, 2.05) is 6.07 Å². The molecule has 1 aromatic rings. The van der Waals surface area contributed by atoms with Crippen LogP contribution in [-0.4, -0.2) is 17.8 Å². The van der Waals surface area contributed by atoms with Crippen LogP contribution < -0.4 is 4.74 Å². The standard InChI is InChI=1S/C16H21Br3O/c1-20-15-7-6-14(19)8-12(15)9-16(10-17,11-18)13-4-2-3-5-13/h6-8,13H,2-5,9-11H2,1H3. The van der Waals surface area contributed by atoms with Crippen molar-refractivity contribution >= 4 is 47.8 Å². The number of alkyl halides is 2. The second kappa shape index (κ2) is 7.64. The van der Waals surface area contributed by atoms with E-state index in [0.717, 1.165) is 33.2 Å². The molecule has 112 valence electrons. The van der Waals surface area contributed by atoms with Crippen LogP contribution in [0.2, 0.25) is 0 Å². The second-order valence-corrected chi connectivity index (χ2v) is 7.78. The molecule has 2 rings (SSSR count). The van der Waals surface area contributed by atoms with E-state index in [1.165, 1.54) is 31.2 Å². The van der Waals surface area contributed by atoms with Gasteiger partial charge in [0, 0.05) is 15.1 Å². The van der Waals surface area contributed by atoms with Gasteiger partial charge in [0.15, 0.2) is 0 Å². The Morgan fingerprint density at radius 2 is 1.85 bits per heavy atom. The first-order valence-corrected chi connectivity index (χ1v) is 10.1. The first-order chi connectivity index (χ1) is 9.65. The molecule has 1 aliphatic rings. The topological polar surface area (TPSA) is 9.23 Å². The summed E-state index contributed by atoms with van der Waals surface area (Å²) in [4.78, 5) is 0. The van der Waals surface area contributed by atoms with E-state index in [4.69, 9.17) is 4.74 Å². The Hall–Kier alpha value is 0.460. The summed E-state index contributed by atoms with van der Waals surface area (Å²) in [6.45, 7) is 0. The molecule has 0 spiro atoms. The molecule has 0 radical (unpaired) electrons. The fourth-order valence-electron chi connectivity index (χ4n) is 3.30. The number of methoxy groups -OCH3 is 1. The molecule has 0 saturated heterocycles. The minimum Gasteiger partial charge on any atom is -0.496 e. The minimum absolute atomic E-state index is 0.282. The highest BCUT2D eigenvalue weighted by Gasteiger charge is 2.39. The lowest BCUT2D eigenvalue weighted by atomic mass is 9.73. The fourth-order valence-corrected chi connectivity index (χ4v) is 5.94. The third kappa shape index (κ3) is 3.61. The quantitative estimate of drug-likeness (QED) is 0.467. The van der Waals surface area contributed by atoms with Crippen LogP contribution in [0.5, 0.6) is 5.75 Å². The number of ether oxygens (including phenoxy) is 1. The van der Waals surface area contributed by atoms with E-state index >= 15 is 0 Å². The summed E-state index contributed by atoms with van der Waals surface area (Å²) in [6.07, 6.45) is 6.52. The zero-order valence-corrected chi connectivity index (χ0v) is 16.6. The zero-order valence-electron chi connectivity index (χ0n) is 11.8. The molecule has 1 fully saturated rings. The molecule has 0 atom stereocenters. The number of benzene rings is 1. The zero-order chi connectivity index (χ0) is 14.6. The number of rotatable bonds is 6. The number of hydrogen-bond donors (Lipinski definition) is 0. The van der Waals surface area contributed by atoms with Gasteiger partial charge < -0.3 is 4.74 Å². The molecule has 0 heterocycles. The Morgan fingerprint density at radius 3 is 2.40 bits per heavy atom. The third-order valence-corrected chi connectivity index (χ3v) is 7.27. The molecule has 0 aromatic heterocycles. The van der Waals surface area contributed by atoms with Crippen molar-refractivity contribution in [2.45, 2.75) is 32.1 Å². The Labute approximate surface area is 147 Å². The average molecular weight is 469 g/mol. The van der Waals surface area contributed by atoms with Crippen LogP contribution in [0.15, 0.2) is 22.7 Å². The molecule has 1 aromatic carbocycles. The van der Waals surface area contributed by atoms with Gasteiger partial charge in [-0.2, -0.15) is 0 Å². The smallest absolute Gasteiger partial charge is 0.122 e. The maximum Gasteiger partial charge on any atom is 0.122 e. The molecule has 0 aliphatic heterocycles. The second-order valence-electron chi connectivity index (χ2n) is 5.74. The van der Waals surface area contributed by atoms with E-state index in [0.29, 0.717) is 0 Å². The molecular weight excluding hydrogens is 448 g/mol. The SMILES string of the molecule is COc1ccc(Br)cc1CC(CBr)(CBr)C1CCCC1. The van der Waals surface area contributed by atoms with Crippen molar-refractivity contribution in [3.05, 3.63) is 28.2 Å². The summed E-state index contributed by atoms with van der Waals surface area (Å²) in [7, 11) is 1.76. The van der Waals surface area contributed by atoms with Crippen molar-refractivity contribution < 1.29 is 4.74 Å². The maximum absolute atomic E-state index is 5.55. The van der Waals surface area contributed by atoms with Gasteiger partial charge in [0.2, 0.25) is 0 Å². The van der Waals surface area contributed by atoms with Gasteiger partial charge in [0.05, 0.1) is 7.11 Å². The highest BCUT2D eigenvalue weighted by molar-refractivity contribution is 9.10. The summed E-state index contributed by atoms with van der Waals surface area (Å²) in [5.41, 5.74) is 1.58. The fraction of sp³-hybridized carbons (Fsp3) is 0.625. The number of halogens is 3. The van der Waals surface area contributed by atoms with Gasteiger partial charge in [-0.1, -0.05) is 60.6 Å². The van der Waals surface area contributed by atoms with Gasteiger partial charge in [-0.05, 0) is 54.4 Å². The Bertz CT molecular complexity index is 437. The molecule has 0 N–H and O–H groups in total. The minimum atomic E-state index is 0.282. The van der Waals surface area contributed by atoms with Crippen molar-refractivity contribution in [2.75, 3.05) is 17.8 Å². The summed E-state index contributed by atoms with van der Waals surface area (Å²) in [5.74, 6) is 1.79. The molecule has 0 unspecified atom stereocenters. The van der Waals surface area contributed by atoms with Gasteiger partial charge >= 0.3 is 0 Å². The van der Waals surface area contributed by atoms with Crippen molar-refractivity contribution in [1.29, 1.82) is 0 Å². The Balaban J connectivity index is 2.29. The highest BCUT2D eigenvalue weighted by Crippen LogP contribution is 2.46. The Kier molecular flexibility index (Phi) is 6.43. The van der Waals surface area contributed by atoms with Crippen molar-refractivity contribution in [3.8, 4) is 5.75 Å². The third-order valence-electron chi connectivity index (χ3n) is 4.54. The van der Waals surface area contributed by atoms with Crippen molar-refractivity contribution in [3.63, 3.8) is 0 Å². The van der Waals surface area contributed by atoms with E-state index in [2.05, 4.69) is 59.9 Å². The summed E-state index contributed by atoms with van der Waals surface area (Å²) >= 11 is 11.1. The lowest BCUT2D eigenvalue weighted by Gasteiger charge is -2.37. The first kappa shape index (κ1) is 16.8. The normalized spacial score (nSPS) is 16.6. The van der Waals surface area contributed by atoms with Crippen LogP contribution in [0.25, 0.3) is 0 Å². The van der Waals surface area contributed by atoms with Crippen LogP contribution in [0.3, 0.4) is 0 Å². The van der Waals surface area contributed by atoms with Gasteiger partial charge in [0.25, 0.3) is 0 Å². The van der Waals surface area contributed by atoms with Crippen LogP contribution in [0, 0.1) is 11.3 Å². The predicted molar refractivity (Wildman–Crippen MR) is 96.4 cm³/mol. The molecule has 20 heavy (non-hydrogen) atoms. The molecular formula is C16H21Br3O. The van der Waals surface area contributed by atoms with Gasteiger partial charge in [0.1, 0.15) is 5.75 Å². The molecule has 4 heteroatoms. The molecule has 1 nitrogen and oxygen atoms in total. The van der Waals surface area contributed by atoms with Crippen LogP contribution in [-0.2, 0) is 6.42 Å². The van der Waals surface area contributed by atoms with Gasteiger partial charge in [-0.15, -0.1) is 0 Å². The maximum atomic E-state index is 5.55. The highest BCUT2D eigenvalue weighted by atomic mass is 79.9. The molecule has 0 bridgehead atoms. The molecule has 1 saturated carbocycles. The van der Waals surface area contributed by atoms with Gasteiger partial charge in [-0.3, -0.25) is 0 Å². The monoisotopic (exact) mass is 466 g/mol. The molecule has 1 aliphatic carbocycles. The Morgan fingerprint density at radius 1 is 1.20 bits per heavy atom. The summed E-state index contributed by atoms with van der Waals surface area (Å²) < 4.78 is 6.67. The van der Waals surface area contributed by atoms with Crippen molar-refractivity contribution in [2.24, 2.45) is 11.3 Å². The van der Waals surface area contributed by atoms with E-state index in [9.17, 15) is 0 Å². The van der Waals surface area contributed by atoms with Crippen LogP contribution in [0.1, 0.15) is 31.2 Å². The van der Waals surface area contributed by atoms with E-state index in [-0.39, 0.29) is 5.41 Å². The largest absolute Gasteiger partial charge is 0.496 e. The predicted octanol–water partition coefficient (Wildman–Crippen LogP) is 5.97. The van der Waals surface area contributed by atoms with Crippen molar-refractivity contribution in [1.82, 2.24) is 0 Å². The lowest BCUT2D eigenvalue weighted by molar-refractivity contribution is 0.230.